The van der Waals surface area contributed by atoms with Gasteiger partial charge in [0.2, 0.25) is 0 Å². The van der Waals surface area contributed by atoms with E-state index in [0.717, 1.165) is 0 Å². The maximum Gasteiger partial charge on any atom is 0.449 e. The summed E-state index contributed by atoms with van der Waals surface area (Å²) in [7, 11) is -6.41. The summed E-state index contributed by atoms with van der Waals surface area (Å²) in [5.74, 6) is -3.33. The second kappa shape index (κ2) is 6.99. The molecule has 0 aromatic rings. The number of alkyl halides is 4. The van der Waals surface area contributed by atoms with Gasteiger partial charge in [0.25, 0.3) is 5.91 Å². The number of hydrogen-bond donors (Lipinski definition) is 2. The van der Waals surface area contributed by atoms with E-state index in [0.29, 0.717) is 6.42 Å². The van der Waals surface area contributed by atoms with Gasteiger partial charge in [0.15, 0.2) is 0 Å². The van der Waals surface area contributed by atoms with Crippen LogP contribution in [0, 0.1) is 5.41 Å². The minimum absolute atomic E-state index is 0.405. The molecule has 23 heavy (non-hydrogen) atoms. The summed E-state index contributed by atoms with van der Waals surface area (Å²) in [5.41, 5.74) is -0.867. The molecule has 0 saturated heterocycles. The number of carbonyl (C=O) groups excluding carboxylic acids is 2. The van der Waals surface area contributed by atoms with Gasteiger partial charge in [0.1, 0.15) is 6.61 Å². The van der Waals surface area contributed by atoms with E-state index in [9.17, 15) is 35.6 Å². The van der Waals surface area contributed by atoms with Crippen LogP contribution in [0.1, 0.15) is 27.2 Å². The molecule has 0 spiro atoms. The SMILES string of the molecule is CCC(C)(C)C(=O)OCCNC(=O)C(F)(C(F)(F)F)S(=O)(=O)O. The van der Waals surface area contributed by atoms with Crippen LogP contribution in [-0.2, 0) is 24.4 Å². The molecule has 0 rings (SSSR count). The van der Waals surface area contributed by atoms with Crippen LogP contribution >= 0.6 is 0 Å². The molecule has 0 heterocycles. The molecule has 0 radical (unpaired) electrons. The van der Waals surface area contributed by atoms with Crippen molar-refractivity contribution in [2.75, 3.05) is 13.2 Å². The minimum Gasteiger partial charge on any atom is -0.463 e. The Morgan fingerprint density at radius 1 is 1.17 bits per heavy atom. The first-order valence-electron chi connectivity index (χ1n) is 6.29. The molecule has 0 aromatic heterocycles. The molecular weight excluding hydrogens is 350 g/mol. The monoisotopic (exact) mass is 367 g/mol. The number of hydrogen-bond acceptors (Lipinski definition) is 5. The van der Waals surface area contributed by atoms with Crippen LogP contribution in [0.15, 0.2) is 0 Å². The highest BCUT2D eigenvalue weighted by Gasteiger charge is 2.71. The molecule has 1 atom stereocenters. The first kappa shape index (κ1) is 21.6. The lowest BCUT2D eigenvalue weighted by Crippen LogP contribution is -2.58. The van der Waals surface area contributed by atoms with Crippen LogP contribution in [0.3, 0.4) is 0 Å². The molecule has 0 aromatic carbocycles. The Labute approximate surface area is 130 Å². The molecule has 2 N–H and O–H groups in total. The third kappa shape index (κ3) is 4.77. The summed E-state index contributed by atoms with van der Waals surface area (Å²) in [6, 6.07) is 0. The maximum atomic E-state index is 13.5. The highest BCUT2D eigenvalue weighted by molar-refractivity contribution is 7.88. The van der Waals surface area contributed by atoms with Crippen LogP contribution in [0.4, 0.5) is 17.6 Å². The molecule has 1 unspecified atom stereocenters. The molecule has 0 saturated carbocycles. The van der Waals surface area contributed by atoms with E-state index in [4.69, 9.17) is 4.55 Å². The fourth-order valence-electron chi connectivity index (χ4n) is 1.15. The fraction of sp³-hybridized carbons (Fsp3) is 0.818. The van der Waals surface area contributed by atoms with E-state index in [2.05, 4.69) is 4.74 Å². The topological polar surface area (TPSA) is 110 Å². The predicted octanol–water partition coefficient (Wildman–Crippen LogP) is 1.20. The van der Waals surface area contributed by atoms with Gasteiger partial charge >= 0.3 is 27.3 Å². The molecule has 0 aliphatic rings. The van der Waals surface area contributed by atoms with Crippen molar-refractivity contribution < 1.29 is 44.9 Å². The summed E-state index contributed by atoms with van der Waals surface area (Å²) in [4.78, 5) is 22.7. The van der Waals surface area contributed by atoms with E-state index in [1.807, 2.05) is 0 Å². The van der Waals surface area contributed by atoms with Crippen LogP contribution in [-0.4, -0.2) is 49.2 Å². The molecule has 0 aliphatic heterocycles. The molecule has 7 nitrogen and oxygen atoms in total. The van der Waals surface area contributed by atoms with Crippen LogP contribution < -0.4 is 5.32 Å². The van der Waals surface area contributed by atoms with Gasteiger partial charge in [-0.15, -0.1) is 0 Å². The zero-order chi connectivity index (χ0) is 18.7. The normalized spacial score (nSPS) is 15.7. The van der Waals surface area contributed by atoms with Crippen LogP contribution in [0.5, 0.6) is 0 Å². The van der Waals surface area contributed by atoms with E-state index in [1.165, 1.54) is 5.32 Å². The van der Waals surface area contributed by atoms with Crippen molar-refractivity contribution >= 4 is 22.0 Å². The van der Waals surface area contributed by atoms with Crippen LogP contribution in [0.25, 0.3) is 0 Å². The number of amides is 1. The lowest BCUT2D eigenvalue weighted by atomic mass is 9.91. The van der Waals surface area contributed by atoms with Crippen molar-refractivity contribution in [2.45, 2.75) is 38.4 Å². The highest BCUT2D eigenvalue weighted by Crippen LogP contribution is 2.38. The number of nitrogens with one attached hydrogen (secondary N) is 1. The summed E-state index contributed by atoms with van der Waals surface area (Å²) in [5, 5.41) is -4.20. The van der Waals surface area contributed by atoms with Gasteiger partial charge in [-0.25, -0.2) is 4.39 Å². The molecule has 0 aliphatic carbocycles. The maximum absolute atomic E-state index is 13.5. The number of rotatable bonds is 7. The number of ether oxygens (including phenoxy) is 1. The van der Waals surface area contributed by atoms with E-state index >= 15 is 0 Å². The van der Waals surface area contributed by atoms with Gasteiger partial charge in [-0.05, 0) is 20.3 Å². The van der Waals surface area contributed by atoms with Crippen molar-refractivity contribution in [3.05, 3.63) is 0 Å². The summed E-state index contributed by atoms with van der Waals surface area (Å²) in [6.07, 6.45) is -5.78. The molecule has 0 bridgehead atoms. The summed E-state index contributed by atoms with van der Waals surface area (Å²) in [6.45, 7) is 3.40. The number of carbonyl (C=O) groups is 2. The molecule has 0 fully saturated rings. The first-order valence-corrected chi connectivity index (χ1v) is 7.73. The van der Waals surface area contributed by atoms with Gasteiger partial charge in [0.05, 0.1) is 12.0 Å². The minimum atomic E-state index is -6.41. The van der Waals surface area contributed by atoms with Crippen molar-refractivity contribution in [1.82, 2.24) is 5.32 Å². The summed E-state index contributed by atoms with van der Waals surface area (Å²) < 4.78 is 85.0. The Kier molecular flexibility index (Phi) is 6.56. The van der Waals surface area contributed by atoms with Crippen molar-refractivity contribution in [3.8, 4) is 0 Å². The zero-order valence-electron chi connectivity index (χ0n) is 12.5. The first-order chi connectivity index (χ1) is 10.1. The van der Waals surface area contributed by atoms with E-state index < -0.39 is 51.7 Å². The Bertz CT molecular complexity index is 559. The molecular formula is C11H17F4NO6S. The van der Waals surface area contributed by atoms with Gasteiger partial charge in [-0.1, -0.05) is 6.92 Å². The fourth-order valence-corrected chi connectivity index (χ4v) is 1.75. The second-order valence-corrected chi connectivity index (χ2v) is 6.71. The highest BCUT2D eigenvalue weighted by atomic mass is 32.2. The number of halogens is 4. The third-order valence-electron chi connectivity index (χ3n) is 3.07. The molecule has 136 valence electrons. The molecule has 12 heteroatoms. The van der Waals surface area contributed by atoms with Crippen molar-refractivity contribution in [3.63, 3.8) is 0 Å². The van der Waals surface area contributed by atoms with Crippen molar-refractivity contribution in [1.29, 1.82) is 0 Å². The predicted molar refractivity (Wildman–Crippen MR) is 69.5 cm³/mol. The quantitative estimate of drug-likeness (QED) is 0.303. The smallest absolute Gasteiger partial charge is 0.449 e. The van der Waals surface area contributed by atoms with Crippen LogP contribution in [0.2, 0.25) is 0 Å². The Balaban J connectivity index is 4.81. The average molecular weight is 367 g/mol. The van der Waals surface area contributed by atoms with Gasteiger partial charge in [0, 0.05) is 0 Å². The second-order valence-electron chi connectivity index (χ2n) is 5.20. The molecule has 1 amide bonds. The summed E-state index contributed by atoms with van der Waals surface area (Å²) >= 11 is 0. The van der Waals surface area contributed by atoms with Gasteiger partial charge < -0.3 is 10.1 Å². The van der Waals surface area contributed by atoms with Crippen molar-refractivity contribution in [2.24, 2.45) is 5.41 Å². The number of esters is 1. The Hall–Kier alpha value is -1.43. The van der Waals surface area contributed by atoms with E-state index in [-0.39, 0.29) is 0 Å². The van der Waals surface area contributed by atoms with E-state index in [1.54, 1.807) is 20.8 Å². The zero-order valence-corrected chi connectivity index (χ0v) is 13.3. The Morgan fingerprint density at radius 2 is 1.65 bits per heavy atom. The van der Waals surface area contributed by atoms with Gasteiger partial charge in [-0.2, -0.15) is 21.6 Å². The van der Waals surface area contributed by atoms with Gasteiger partial charge in [-0.3, -0.25) is 14.1 Å². The Morgan fingerprint density at radius 3 is 2.00 bits per heavy atom. The lowest BCUT2D eigenvalue weighted by Gasteiger charge is -2.24. The lowest BCUT2D eigenvalue weighted by molar-refractivity contribution is -0.202. The third-order valence-corrected chi connectivity index (χ3v) is 4.20. The largest absolute Gasteiger partial charge is 0.463 e. The average Bonchev–Trinajstić information content (AvgIpc) is 2.39. The standard InChI is InChI=1S/C11H17F4NO6S/c1-4-9(2,3)8(18)22-6-5-16-7(17)10(12,11(13,14)15)23(19,20)21/h4-6H2,1-3H3,(H,16,17)(H,19,20,21).